The first-order chi connectivity index (χ1) is 11.1. The van der Waals surface area contributed by atoms with Crippen LogP contribution in [0.1, 0.15) is 18.2 Å². The fraction of sp³-hybridized carbons (Fsp3) is 0.500. The second kappa shape index (κ2) is 6.30. The molecule has 0 saturated carbocycles. The van der Waals surface area contributed by atoms with Gasteiger partial charge < -0.3 is 24.4 Å². The minimum atomic E-state index is -0.872. The first kappa shape index (κ1) is 16.0. The van der Waals surface area contributed by atoms with Crippen molar-refractivity contribution in [1.29, 1.82) is 0 Å². The molecule has 9 nitrogen and oxygen atoms in total. The summed E-state index contributed by atoms with van der Waals surface area (Å²) in [6, 6.07) is 5.17. The zero-order valence-electron chi connectivity index (χ0n) is 12.5. The van der Waals surface area contributed by atoms with E-state index in [0.717, 1.165) is 0 Å². The molecule has 126 valence electrons. The lowest BCUT2D eigenvalue weighted by Crippen LogP contribution is -2.53. The molecule has 1 aromatic carbocycles. The maximum Gasteiger partial charge on any atom is 0.419 e. The van der Waals surface area contributed by atoms with Crippen molar-refractivity contribution in [2.75, 3.05) is 13.7 Å². The Kier molecular flexibility index (Phi) is 4.37. The van der Waals surface area contributed by atoms with Crippen molar-refractivity contribution in [3.8, 4) is 11.5 Å². The van der Waals surface area contributed by atoms with Crippen LogP contribution in [0.25, 0.3) is 0 Å². The van der Waals surface area contributed by atoms with E-state index in [-0.39, 0.29) is 18.8 Å². The summed E-state index contributed by atoms with van der Waals surface area (Å²) in [5.41, 5.74) is 3.17. The molecule has 2 aliphatic heterocycles. The van der Waals surface area contributed by atoms with Gasteiger partial charge in [-0.15, -0.1) is 0 Å². The number of hydrazine groups is 1. The van der Waals surface area contributed by atoms with Crippen molar-refractivity contribution >= 4 is 6.09 Å². The first-order valence-corrected chi connectivity index (χ1v) is 7.18. The van der Waals surface area contributed by atoms with Gasteiger partial charge in [0.1, 0.15) is 18.5 Å². The number of hydrogen-bond acceptors (Lipinski definition) is 8. The number of aliphatic hydroxyl groups is 2. The summed E-state index contributed by atoms with van der Waals surface area (Å²) < 4.78 is 16.1. The molecule has 4 atom stereocenters. The minimum absolute atomic E-state index is 0.151. The third kappa shape index (κ3) is 2.62. The predicted octanol–water partition coefficient (Wildman–Crippen LogP) is -0.560. The van der Waals surface area contributed by atoms with E-state index in [2.05, 4.69) is 5.43 Å². The zero-order chi connectivity index (χ0) is 16.6. The molecular weight excluding hydrogens is 306 g/mol. The number of rotatable bonds is 4. The fourth-order valence-electron chi connectivity index (χ4n) is 2.92. The van der Waals surface area contributed by atoms with Crippen LogP contribution in [0.4, 0.5) is 4.79 Å². The smallest absolute Gasteiger partial charge is 0.419 e. The van der Waals surface area contributed by atoms with E-state index in [1.165, 1.54) is 12.0 Å². The first-order valence-electron chi connectivity index (χ1n) is 7.18. The van der Waals surface area contributed by atoms with Gasteiger partial charge in [-0.2, -0.15) is 0 Å². The molecule has 0 bridgehead atoms. The van der Waals surface area contributed by atoms with Crippen molar-refractivity contribution < 1.29 is 29.2 Å². The number of carbonyl (C=O) groups is 1. The normalized spacial score (nSPS) is 30.1. The van der Waals surface area contributed by atoms with Gasteiger partial charge in [0.05, 0.1) is 19.8 Å². The van der Waals surface area contributed by atoms with Crippen LogP contribution < -0.4 is 20.7 Å². The van der Waals surface area contributed by atoms with Crippen molar-refractivity contribution in [2.24, 2.45) is 5.84 Å². The third-order valence-corrected chi connectivity index (χ3v) is 4.05. The second-order valence-corrected chi connectivity index (χ2v) is 5.34. The van der Waals surface area contributed by atoms with Crippen molar-refractivity contribution in [1.82, 2.24) is 10.3 Å². The Hall–Kier alpha value is -1.91. The fourth-order valence-corrected chi connectivity index (χ4v) is 2.92. The van der Waals surface area contributed by atoms with Crippen molar-refractivity contribution in [2.45, 2.75) is 31.0 Å². The highest BCUT2D eigenvalue weighted by molar-refractivity contribution is 5.76. The second-order valence-electron chi connectivity index (χ2n) is 5.34. The number of hydrogen-bond donors (Lipinski definition) is 4. The summed E-state index contributed by atoms with van der Waals surface area (Å²) in [6.07, 6.45) is -3.63. The highest BCUT2D eigenvalue weighted by Crippen LogP contribution is 2.42. The number of fused-ring (bicyclic) bond motifs is 1. The van der Waals surface area contributed by atoms with Crippen LogP contribution in [0.2, 0.25) is 0 Å². The molecule has 5 N–H and O–H groups in total. The van der Waals surface area contributed by atoms with E-state index in [9.17, 15) is 15.0 Å². The molecule has 0 spiro atoms. The number of nitrogens with two attached hydrogens (primary N) is 1. The maximum atomic E-state index is 12.4. The number of carbonyl (C=O) groups excluding carboxylic acids is 1. The summed E-state index contributed by atoms with van der Waals surface area (Å²) >= 11 is 0. The van der Waals surface area contributed by atoms with Gasteiger partial charge in [0.25, 0.3) is 0 Å². The SMILES string of the molecule is COc1cccc2c1OC(=O)N([C@H]1C[C@H](O)[C@@H](CO)O1)C2NN. The van der Waals surface area contributed by atoms with E-state index < -0.39 is 30.7 Å². The van der Waals surface area contributed by atoms with Gasteiger partial charge in [0.2, 0.25) is 0 Å². The zero-order valence-corrected chi connectivity index (χ0v) is 12.5. The molecule has 1 fully saturated rings. The Bertz CT molecular complexity index is 598. The van der Waals surface area contributed by atoms with Crippen LogP contribution in [0, 0.1) is 0 Å². The van der Waals surface area contributed by atoms with Gasteiger partial charge in [-0.3, -0.25) is 10.7 Å². The van der Waals surface area contributed by atoms with Crippen molar-refractivity contribution in [3.63, 3.8) is 0 Å². The van der Waals surface area contributed by atoms with Crippen molar-refractivity contribution in [3.05, 3.63) is 23.8 Å². The van der Waals surface area contributed by atoms with Crippen LogP contribution in [0.3, 0.4) is 0 Å². The molecule has 1 saturated heterocycles. The topological polar surface area (TPSA) is 127 Å². The quantitative estimate of drug-likeness (QED) is 0.429. The van der Waals surface area contributed by atoms with Gasteiger partial charge in [-0.25, -0.2) is 10.2 Å². The highest BCUT2D eigenvalue weighted by Gasteiger charge is 2.45. The summed E-state index contributed by atoms with van der Waals surface area (Å²) in [4.78, 5) is 13.7. The molecule has 1 aromatic rings. The van der Waals surface area contributed by atoms with Crippen LogP contribution in [-0.4, -0.2) is 53.4 Å². The molecule has 9 heteroatoms. The molecule has 1 unspecified atom stereocenters. The number of nitrogens with zero attached hydrogens (tertiary/aromatic N) is 1. The summed E-state index contributed by atoms with van der Waals surface area (Å²) in [5, 5.41) is 19.1. The standard InChI is InChI=1S/C14H19N3O6/c1-21-9-4-2-3-7-12(9)23-14(20)17(13(7)16-15)11-5-8(19)10(6-18)22-11/h2-4,8,10-11,13,16,18-19H,5-6,15H2,1H3/t8-,10+,11+,13?/m0/s1. The number of ether oxygens (including phenoxy) is 3. The molecule has 23 heavy (non-hydrogen) atoms. The molecule has 0 aromatic heterocycles. The van der Waals surface area contributed by atoms with Gasteiger partial charge in [-0.05, 0) is 6.07 Å². The largest absolute Gasteiger partial charge is 0.493 e. The molecule has 1 amide bonds. The van der Waals surface area contributed by atoms with Crippen LogP contribution in [0.5, 0.6) is 11.5 Å². The Balaban J connectivity index is 1.94. The van der Waals surface area contributed by atoms with E-state index in [0.29, 0.717) is 11.3 Å². The number of methoxy groups -OCH3 is 1. The molecule has 3 rings (SSSR count). The highest BCUT2D eigenvalue weighted by atomic mass is 16.6. The Morgan fingerprint density at radius 3 is 2.91 bits per heavy atom. The summed E-state index contributed by atoms with van der Waals surface area (Å²) in [6.45, 7) is -0.342. The van der Waals surface area contributed by atoms with E-state index in [1.807, 2.05) is 0 Å². The summed E-state index contributed by atoms with van der Waals surface area (Å²) in [5.74, 6) is 6.33. The minimum Gasteiger partial charge on any atom is -0.493 e. The average molecular weight is 325 g/mol. The van der Waals surface area contributed by atoms with Crippen LogP contribution in [-0.2, 0) is 4.74 Å². The average Bonchev–Trinajstić information content (AvgIpc) is 2.93. The van der Waals surface area contributed by atoms with Gasteiger partial charge in [-0.1, -0.05) is 12.1 Å². The Morgan fingerprint density at radius 1 is 1.52 bits per heavy atom. The van der Waals surface area contributed by atoms with Gasteiger partial charge >= 0.3 is 6.09 Å². The number of benzene rings is 1. The lowest BCUT2D eigenvalue weighted by atomic mass is 10.1. The molecular formula is C14H19N3O6. The number of aliphatic hydroxyl groups excluding tert-OH is 2. The van der Waals surface area contributed by atoms with Gasteiger partial charge in [0, 0.05) is 12.0 Å². The molecule has 0 aliphatic carbocycles. The summed E-state index contributed by atoms with van der Waals surface area (Å²) in [7, 11) is 1.48. The van der Waals surface area contributed by atoms with Crippen LogP contribution in [0.15, 0.2) is 18.2 Å². The van der Waals surface area contributed by atoms with E-state index in [4.69, 9.17) is 20.1 Å². The number of para-hydroxylation sites is 1. The van der Waals surface area contributed by atoms with E-state index in [1.54, 1.807) is 18.2 Å². The maximum absolute atomic E-state index is 12.4. The molecule has 2 aliphatic rings. The number of nitrogens with one attached hydrogen (secondary N) is 1. The Morgan fingerprint density at radius 2 is 2.30 bits per heavy atom. The number of amides is 1. The van der Waals surface area contributed by atoms with Crippen LogP contribution >= 0.6 is 0 Å². The molecule has 2 heterocycles. The lowest BCUT2D eigenvalue weighted by Gasteiger charge is -2.38. The lowest BCUT2D eigenvalue weighted by molar-refractivity contribution is -0.0878. The van der Waals surface area contributed by atoms with E-state index >= 15 is 0 Å². The van der Waals surface area contributed by atoms with Gasteiger partial charge in [0.15, 0.2) is 11.5 Å². The third-order valence-electron chi connectivity index (χ3n) is 4.05. The predicted molar refractivity (Wildman–Crippen MR) is 77.3 cm³/mol. The Labute approximate surface area is 132 Å². The monoisotopic (exact) mass is 325 g/mol. The molecule has 0 radical (unpaired) electrons.